The number of hydrogen-bond donors (Lipinski definition) is 2. The molecular weight excluding hydrogens is 248 g/mol. The molecule has 0 radical (unpaired) electrons. The number of rotatable bonds is 4. The lowest BCUT2D eigenvalue weighted by atomic mass is 9.84. The first kappa shape index (κ1) is 13.8. The molecule has 3 nitrogen and oxygen atoms in total. The Morgan fingerprint density at radius 2 is 1.94 bits per heavy atom. The van der Waals surface area contributed by atoms with Gasteiger partial charge in [0.15, 0.2) is 0 Å². The highest BCUT2D eigenvalue weighted by atomic mass is 35.5. The molecule has 1 aliphatic rings. The number of benzene rings is 1. The molecule has 1 fully saturated rings. The van der Waals surface area contributed by atoms with Crippen LogP contribution in [0.5, 0.6) is 0 Å². The van der Waals surface area contributed by atoms with Gasteiger partial charge in [0.05, 0.1) is 5.60 Å². The molecule has 0 atom stereocenters. The molecule has 0 aromatic heterocycles. The minimum atomic E-state index is -0.766. The van der Waals surface area contributed by atoms with Crippen LogP contribution in [0.25, 0.3) is 0 Å². The van der Waals surface area contributed by atoms with Gasteiger partial charge in [-0.1, -0.05) is 29.8 Å². The van der Waals surface area contributed by atoms with Crippen LogP contribution < -0.4 is 5.73 Å². The van der Waals surface area contributed by atoms with E-state index in [1.54, 1.807) is 0 Å². The Kier molecular flexibility index (Phi) is 4.62. The second-order valence-electron chi connectivity index (χ2n) is 5.00. The van der Waals surface area contributed by atoms with Gasteiger partial charge >= 0.3 is 0 Å². The van der Waals surface area contributed by atoms with E-state index in [4.69, 9.17) is 17.3 Å². The van der Waals surface area contributed by atoms with E-state index in [1.165, 1.54) is 0 Å². The quantitative estimate of drug-likeness (QED) is 0.878. The highest BCUT2D eigenvalue weighted by Crippen LogP contribution is 2.36. The van der Waals surface area contributed by atoms with E-state index in [0.717, 1.165) is 51.0 Å². The normalized spacial score (nSPS) is 19.9. The lowest BCUT2D eigenvalue weighted by molar-refractivity contribution is -0.0257. The number of piperidine rings is 1. The van der Waals surface area contributed by atoms with Crippen LogP contribution in [0, 0.1) is 0 Å². The molecule has 4 heteroatoms. The van der Waals surface area contributed by atoms with Crippen molar-refractivity contribution in [2.45, 2.75) is 24.9 Å². The zero-order chi connectivity index (χ0) is 13.0. The van der Waals surface area contributed by atoms with Crippen molar-refractivity contribution >= 4 is 11.6 Å². The van der Waals surface area contributed by atoms with E-state index in [1.807, 2.05) is 24.3 Å². The highest BCUT2D eigenvalue weighted by Gasteiger charge is 2.35. The molecule has 0 saturated carbocycles. The molecule has 0 amide bonds. The molecule has 100 valence electrons. The Hall–Kier alpha value is -0.610. The first-order valence-electron chi connectivity index (χ1n) is 6.55. The minimum Gasteiger partial charge on any atom is -0.385 e. The number of halogens is 1. The summed E-state index contributed by atoms with van der Waals surface area (Å²) in [6.45, 7) is 3.56. The fraction of sp³-hybridized carbons (Fsp3) is 0.571. The average Bonchev–Trinajstić information content (AvgIpc) is 2.39. The van der Waals surface area contributed by atoms with Crippen LogP contribution in [-0.4, -0.2) is 36.2 Å². The van der Waals surface area contributed by atoms with Gasteiger partial charge in [0.1, 0.15) is 0 Å². The summed E-state index contributed by atoms with van der Waals surface area (Å²) in [5.41, 5.74) is 5.62. The Bertz CT molecular complexity index is 389. The van der Waals surface area contributed by atoms with E-state index in [9.17, 15) is 5.11 Å². The standard InChI is InChI=1S/C14H21ClN2O/c15-13-5-2-1-4-12(13)14(18)6-10-17(11-7-14)9-3-8-16/h1-2,4-5,18H,3,6-11,16H2. The smallest absolute Gasteiger partial charge is 0.0935 e. The maximum absolute atomic E-state index is 10.7. The lowest BCUT2D eigenvalue weighted by Crippen LogP contribution is -2.43. The van der Waals surface area contributed by atoms with Gasteiger partial charge in [0.25, 0.3) is 0 Å². The molecule has 1 aliphatic heterocycles. The number of aliphatic hydroxyl groups is 1. The van der Waals surface area contributed by atoms with Gasteiger partial charge in [0.2, 0.25) is 0 Å². The maximum atomic E-state index is 10.7. The van der Waals surface area contributed by atoms with E-state index >= 15 is 0 Å². The average molecular weight is 269 g/mol. The summed E-state index contributed by atoms with van der Waals surface area (Å²) in [7, 11) is 0. The van der Waals surface area contributed by atoms with Gasteiger partial charge in [-0.15, -0.1) is 0 Å². The molecule has 0 aliphatic carbocycles. The van der Waals surface area contributed by atoms with Crippen LogP contribution in [-0.2, 0) is 5.60 Å². The summed E-state index contributed by atoms with van der Waals surface area (Å²) < 4.78 is 0. The summed E-state index contributed by atoms with van der Waals surface area (Å²) in [4.78, 5) is 2.36. The van der Waals surface area contributed by atoms with Gasteiger partial charge in [-0.25, -0.2) is 0 Å². The second-order valence-corrected chi connectivity index (χ2v) is 5.40. The first-order valence-corrected chi connectivity index (χ1v) is 6.93. The van der Waals surface area contributed by atoms with Crippen molar-refractivity contribution in [2.24, 2.45) is 5.73 Å². The minimum absolute atomic E-state index is 0.662. The summed E-state index contributed by atoms with van der Waals surface area (Å²) in [5.74, 6) is 0. The van der Waals surface area contributed by atoms with E-state index in [0.29, 0.717) is 5.02 Å². The van der Waals surface area contributed by atoms with Gasteiger partial charge in [-0.05, 0) is 38.4 Å². The Balaban J connectivity index is 2.01. The third kappa shape index (κ3) is 3.04. The summed E-state index contributed by atoms with van der Waals surface area (Å²) >= 11 is 6.18. The predicted molar refractivity (Wildman–Crippen MR) is 74.7 cm³/mol. The van der Waals surface area contributed by atoms with Gasteiger partial charge in [-0.2, -0.15) is 0 Å². The number of nitrogens with two attached hydrogens (primary N) is 1. The molecule has 1 aromatic rings. The molecule has 18 heavy (non-hydrogen) atoms. The van der Waals surface area contributed by atoms with Crippen molar-refractivity contribution in [3.8, 4) is 0 Å². The van der Waals surface area contributed by atoms with Crippen molar-refractivity contribution < 1.29 is 5.11 Å². The summed E-state index contributed by atoms with van der Waals surface area (Å²) in [6, 6.07) is 7.60. The van der Waals surface area contributed by atoms with Crippen molar-refractivity contribution in [3.63, 3.8) is 0 Å². The van der Waals surface area contributed by atoms with Gasteiger partial charge < -0.3 is 15.7 Å². The molecule has 0 unspecified atom stereocenters. The van der Waals surface area contributed by atoms with Crippen LogP contribution in [0.1, 0.15) is 24.8 Å². The van der Waals surface area contributed by atoms with Gasteiger partial charge in [0, 0.05) is 23.7 Å². The first-order chi connectivity index (χ1) is 8.65. The van der Waals surface area contributed by atoms with E-state index in [2.05, 4.69) is 4.90 Å². The van der Waals surface area contributed by atoms with Crippen LogP contribution >= 0.6 is 11.6 Å². The maximum Gasteiger partial charge on any atom is 0.0935 e. The largest absolute Gasteiger partial charge is 0.385 e. The van der Waals surface area contributed by atoms with E-state index < -0.39 is 5.60 Å². The van der Waals surface area contributed by atoms with Crippen molar-refractivity contribution in [3.05, 3.63) is 34.9 Å². The fourth-order valence-electron chi connectivity index (χ4n) is 2.57. The van der Waals surface area contributed by atoms with Crippen LogP contribution in [0.15, 0.2) is 24.3 Å². The number of nitrogens with zero attached hydrogens (tertiary/aromatic N) is 1. The molecule has 0 spiro atoms. The zero-order valence-corrected chi connectivity index (χ0v) is 11.4. The van der Waals surface area contributed by atoms with Crippen molar-refractivity contribution in [2.75, 3.05) is 26.2 Å². The zero-order valence-electron chi connectivity index (χ0n) is 10.6. The van der Waals surface area contributed by atoms with E-state index in [-0.39, 0.29) is 0 Å². The fourth-order valence-corrected chi connectivity index (χ4v) is 2.88. The predicted octanol–water partition coefficient (Wildman–Crippen LogP) is 1.97. The van der Waals surface area contributed by atoms with Crippen LogP contribution in [0.3, 0.4) is 0 Å². The Morgan fingerprint density at radius 1 is 1.28 bits per heavy atom. The molecule has 1 aromatic carbocycles. The van der Waals surface area contributed by atoms with Crippen LogP contribution in [0.2, 0.25) is 5.02 Å². The van der Waals surface area contributed by atoms with Crippen LogP contribution in [0.4, 0.5) is 0 Å². The lowest BCUT2D eigenvalue weighted by Gasteiger charge is -2.38. The Morgan fingerprint density at radius 3 is 2.56 bits per heavy atom. The number of hydrogen-bond acceptors (Lipinski definition) is 3. The Labute approximate surface area is 114 Å². The van der Waals surface area contributed by atoms with Gasteiger partial charge in [-0.3, -0.25) is 0 Å². The highest BCUT2D eigenvalue weighted by molar-refractivity contribution is 6.31. The summed E-state index contributed by atoms with van der Waals surface area (Å²) in [6.07, 6.45) is 2.49. The second kappa shape index (κ2) is 6.02. The third-order valence-electron chi connectivity index (χ3n) is 3.74. The number of likely N-dealkylation sites (tertiary alicyclic amines) is 1. The molecule has 3 N–H and O–H groups in total. The van der Waals surface area contributed by atoms with Crippen molar-refractivity contribution in [1.29, 1.82) is 0 Å². The molecule has 1 heterocycles. The van der Waals surface area contributed by atoms with Crippen molar-refractivity contribution in [1.82, 2.24) is 4.90 Å². The molecule has 1 saturated heterocycles. The molecular formula is C14H21ClN2O. The molecule has 0 bridgehead atoms. The third-order valence-corrected chi connectivity index (χ3v) is 4.07. The summed E-state index contributed by atoms with van der Waals surface area (Å²) in [5, 5.41) is 11.4. The SMILES string of the molecule is NCCCN1CCC(O)(c2ccccc2Cl)CC1. The topological polar surface area (TPSA) is 49.5 Å². The monoisotopic (exact) mass is 268 g/mol. The molecule has 2 rings (SSSR count).